The highest BCUT2D eigenvalue weighted by molar-refractivity contribution is 5.95. The SMILES string of the molecule is O=C(O)c1coc(C(=O)NCCCc2nnc3n2CCCCC3)c1. The summed E-state index contributed by atoms with van der Waals surface area (Å²) < 4.78 is 7.15. The molecule has 1 aliphatic rings. The Morgan fingerprint density at radius 2 is 2.17 bits per heavy atom. The van der Waals surface area contributed by atoms with Gasteiger partial charge < -0.3 is 19.4 Å². The number of rotatable bonds is 6. The predicted molar refractivity (Wildman–Crippen MR) is 83.9 cm³/mol. The Bertz CT molecular complexity index is 734. The molecule has 2 aromatic rings. The van der Waals surface area contributed by atoms with Gasteiger partial charge in [0, 0.05) is 32.0 Å². The minimum atomic E-state index is -1.12. The molecular weight excluding hydrogens is 312 g/mol. The predicted octanol–water partition coefficient (Wildman–Crippen LogP) is 1.66. The van der Waals surface area contributed by atoms with Gasteiger partial charge in [-0.05, 0) is 19.3 Å². The molecule has 2 N–H and O–H groups in total. The summed E-state index contributed by atoms with van der Waals surface area (Å²) >= 11 is 0. The summed E-state index contributed by atoms with van der Waals surface area (Å²) in [6.07, 6.45) is 7.05. The van der Waals surface area contributed by atoms with Gasteiger partial charge in [-0.3, -0.25) is 4.79 Å². The molecule has 24 heavy (non-hydrogen) atoms. The largest absolute Gasteiger partial charge is 0.478 e. The molecule has 128 valence electrons. The second-order valence-corrected chi connectivity index (χ2v) is 5.86. The Kier molecular flexibility index (Phi) is 4.93. The number of nitrogens with one attached hydrogen (secondary N) is 1. The molecule has 0 unspecified atom stereocenters. The number of aromatic nitrogens is 3. The standard InChI is InChI=1S/C16H20N4O4/c21-15(12-9-11(10-24-12)16(22)23)17-7-4-6-14-19-18-13-5-2-1-3-8-20(13)14/h9-10H,1-8H2,(H,17,21)(H,22,23). The number of carboxylic acids is 1. The number of hydrogen-bond acceptors (Lipinski definition) is 5. The molecule has 8 nitrogen and oxygen atoms in total. The van der Waals surface area contributed by atoms with E-state index in [0.717, 1.165) is 56.6 Å². The second kappa shape index (κ2) is 7.29. The highest BCUT2D eigenvalue weighted by atomic mass is 16.4. The number of carboxylic acid groups (broad SMARTS) is 1. The van der Waals surface area contributed by atoms with Crippen molar-refractivity contribution in [1.29, 1.82) is 0 Å². The molecular formula is C16H20N4O4. The molecule has 1 amide bonds. The summed E-state index contributed by atoms with van der Waals surface area (Å²) in [5, 5.41) is 20.0. The van der Waals surface area contributed by atoms with Crippen molar-refractivity contribution in [2.45, 2.75) is 45.1 Å². The molecule has 0 saturated heterocycles. The maximum absolute atomic E-state index is 11.9. The summed E-state index contributed by atoms with van der Waals surface area (Å²) in [7, 11) is 0. The first kappa shape index (κ1) is 16.2. The van der Waals surface area contributed by atoms with Gasteiger partial charge in [-0.2, -0.15) is 0 Å². The van der Waals surface area contributed by atoms with Crippen LogP contribution in [0, 0.1) is 0 Å². The third-order valence-electron chi connectivity index (χ3n) is 4.12. The van der Waals surface area contributed by atoms with Crippen LogP contribution in [0.5, 0.6) is 0 Å². The highest BCUT2D eigenvalue weighted by Crippen LogP contribution is 2.15. The minimum Gasteiger partial charge on any atom is -0.478 e. The highest BCUT2D eigenvalue weighted by Gasteiger charge is 2.16. The van der Waals surface area contributed by atoms with Crippen LogP contribution in [0.3, 0.4) is 0 Å². The van der Waals surface area contributed by atoms with Gasteiger partial charge in [-0.25, -0.2) is 4.79 Å². The van der Waals surface area contributed by atoms with Crippen molar-refractivity contribution in [3.05, 3.63) is 35.3 Å². The number of amides is 1. The van der Waals surface area contributed by atoms with Crippen LogP contribution in [0.1, 0.15) is 58.2 Å². The topological polar surface area (TPSA) is 110 Å². The third-order valence-corrected chi connectivity index (χ3v) is 4.12. The number of carbonyl (C=O) groups excluding carboxylic acids is 1. The molecule has 0 bridgehead atoms. The Morgan fingerprint density at radius 3 is 2.96 bits per heavy atom. The first-order valence-electron chi connectivity index (χ1n) is 8.16. The van der Waals surface area contributed by atoms with E-state index in [9.17, 15) is 9.59 Å². The van der Waals surface area contributed by atoms with Crippen LogP contribution in [0.2, 0.25) is 0 Å². The van der Waals surface area contributed by atoms with Gasteiger partial charge in [0.2, 0.25) is 0 Å². The van der Waals surface area contributed by atoms with Crippen molar-refractivity contribution in [3.8, 4) is 0 Å². The zero-order valence-corrected chi connectivity index (χ0v) is 13.3. The van der Waals surface area contributed by atoms with E-state index in [1.54, 1.807) is 0 Å². The first-order chi connectivity index (χ1) is 11.6. The lowest BCUT2D eigenvalue weighted by Crippen LogP contribution is -2.24. The first-order valence-corrected chi connectivity index (χ1v) is 8.16. The molecule has 1 aliphatic heterocycles. The monoisotopic (exact) mass is 332 g/mol. The molecule has 3 rings (SSSR count). The van der Waals surface area contributed by atoms with Crippen molar-refractivity contribution in [2.75, 3.05) is 6.54 Å². The zero-order chi connectivity index (χ0) is 16.9. The average molecular weight is 332 g/mol. The normalized spacial score (nSPS) is 14.0. The van der Waals surface area contributed by atoms with Crippen LogP contribution in [0.15, 0.2) is 16.7 Å². The van der Waals surface area contributed by atoms with E-state index < -0.39 is 11.9 Å². The summed E-state index contributed by atoms with van der Waals surface area (Å²) in [4.78, 5) is 22.7. The fraction of sp³-hybridized carbons (Fsp3) is 0.500. The average Bonchev–Trinajstić information content (AvgIpc) is 3.14. The number of nitrogens with zero attached hydrogens (tertiary/aromatic N) is 3. The molecule has 0 radical (unpaired) electrons. The Hall–Kier alpha value is -2.64. The lowest BCUT2D eigenvalue weighted by atomic mass is 10.2. The Labute approximate surface area is 138 Å². The van der Waals surface area contributed by atoms with E-state index in [2.05, 4.69) is 20.1 Å². The third kappa shape index (κ3) is 3.64. The smallest absolute Gasteiger partial charge is 0.338 e. The van der Waals surface area contributed by atoms with Gasteiger partial charge in [0.05, 0.1) is 5.56 Å². The van der Waals surface area contributed by atoms with Gasteiger partial charge in [-0.15, -0.1) is 10.2 Å². The van der Waals surface area contributed by atoms with E-state index in [4.69, 9.17) is 9.52 Å². The van der Waals surface area contributed by atoms with Crippen LogP contribution in [0.4, 0.5) is 0 Å². The van der Waals surface area contributed by atoms with E-state index in [-0.39, 0.29) is 11.3 Å². The summed E-state index contributed by atoms with van der Waals surface area (Å²) in [6, 6.07) is 1.22. The lowest BCUT2D eigenvalue weighted by molar-refractivity contribution is 0.0696. The van der Waals surface area contributed by atoms with E-state index in [1.807, 2.05) is 0 Å². The minimum absolute atomic E-state index is 0.00347. The fourth-order valence-electron chi connectivity index (χ4n) is 2.83. The molecule has 0 spiro atoms. The number of fused-ring (bicyclic) bond motifs is 1. The van der Waals surface area contributed by atoms with Crippen LogP contribution < -0.4 is 5.32 Å². The van der Waals surface area contributed by atoms with E-state index >= 15 is 0 Å². The Morgan fingerprint density at radius 1 is 1.29 bits per heavy atom. The summed E-state index contributed by atoms with van der Waals surface area (Å²) in [6.45, 7) is 1.43. The van der Waals surface area contributed by atoms with Crippen LogP contribution in [-0.4, -0.2) is 38.3 Å². The van der Waals surface area contributed by atoms with Gasteiger partial charge in [-0.1, -0.05) is 6.42 Å². The molecule has 0 atom stereocenters. The van der Waals surface area contributed by atoms with Crippen molar-refractivity contribution < 1.29 is 19.1 Å². The molecule has 2 aromatic heterocycles. The van der Waals surface area contributed by atoms with Crippen LogP contribution in [-0.2, 0) is 19.4 Å². The zero-order valence-electron chi connectivity index (χ0n) is 13.3. The number of carbonyl (C=O) groups is 2. The number of aromatic carboxylic acids is 1. The van der Waals surface area contributed by atoms with Gasteiger partial charge in [0.1, 0.15) is 17.9 Å². The molecule has 0 aromatic carbocycles. The molecule has 0 aliphatic carbocycles. The van der Waals surface area contributed by atoms with Crippen LogP contribution >= 0.6 is 0 Å². The molecule has 0 fully saturated rings. The number of hydrogen-bond donors (Lipinski definition) is 2. The maximum Gasteiger partial charge on any atom is 0.338 e. The number of aryl methyl sites for hydroxylation is 2. The van der Waals surface area contributed by atoms with Crippen molar-refractivity contribution in [2.24, 2.45) is 0 Å². The van der Waals surface area contributed by atoms with E-state index in [1.165, 1.54) is 12.5 Å². The van der Waals surface area contributed by atoms with Crippen molar-refractivity contribution >= 4 is 11.9 Å². The van der Waals surface area contributed by atoms with Crippen LogP contribution in [0.25, 0.3) is 0 Å². The lowest BCUT2D eigenvalue weighted by Gasteiger charge is -2.07. The second-order valence-electron chi connectivity index (χ2n) is 5.86. The summed E-state index contributed by atoms with van der Waals surface area (Å²) in [5.41, 5.74) is -0.0358. The Balaban J connectivity index is 1.47. The van der Waals surface area contributed by atoms with Crippen molar-refractivity contribution in [1.82, 2.24) is 20.1 Å². The van der Waals surface area contributed by atoms with Crippen molar-refractivity contribution in [3.63, 3.8) is 0 Å². The maximum atomic E-state index is 11.9. The van der Waals surface area contributed by atoms with Gasteiger partial charge >= 0.3 is 5.97 Å². The van der Waals surface area contributed by atoms with Gasteiger partial charge in [0.25, 0.3) is 5.91 Å². The molecule has 3 heterocycles. The fourth-order valence-corrected chi connectivity index (χ4v) is 2.83. The van der Waals surface area contributed by atoms with Gasteiger partial charge in [0.15, 0.2) is 5.76 Å². The molecule has 0 saturated carbocycles. The number of furan rings is 1. The molecule has 8 heteroatoms. The van der Waals surface area contributed by atoms with E-state index in [0.29, 0.717) is 6.54 Å². The quantitative estimate of drug-likeness (QED) is 0.778. The summed E-state index contributed by atoms with van der Waals surface area (Å²) in [5.74, 6) is 0.493.